The lowest BCUT2D eigenvalue weighted by atomic mass is 9.98. The van der Waals surface area contributed by atoms with Crippen molar-refractivity contribution in [3.63, 3.8) is 0 Å². The minimum absolute atomic E-state index is 0.0782. The topological polar surface area (TPSA) is 105 Å². The van der Waals surface area contributed by atoms with E-state index in [1.54, 1.807) is 42.5 Å². The maximum atomic E-state index is 12.7. The van der Waals surface area contributed by atoms with Gasteiger partial charge >= 0.3 is 0 Å². The first kappa shape index (κ1) is 23.3. The Kier molecular flexibility index (Phi) is 7.04. The number of rotatable bonds is 7. The molecule has 2 aromatic carbocycles. The molecule has 174 valence electrons. The number of hydrogen-bond acceptors (Lipinski definition) is 7. The Bertz CT molecular complexity index is 1190. The second-order valence-corrected chi connectivity index (χ2v) is 10.7. The van der Waals surface area contributed by atoms with E-state index in [0.717, 1.165) is 19.3 Å². The maximum absolute atomic E-state index is 12.7. The van der Waals surface area contributed by atoms with Gasteiger partial charge in [0.05, 0.1) is 10.6 Å². The molecule has 1 saturated heterocycles. The van der Waals surface area contributed by atoms with Crippen molar-refractivity contribution in [3.8, 4) is 11.5 Å². The van der Waals surface area contributed by atoms with Crippen LogP contribution >= 0.6 is 11.8 Å². The molecule has 1 fully saturated rings. The Hall–Kier alpha value is -2.85. The number of carbonyl (C=O) groups excluding carboxylic acids is 1. The number of anilines is 1. The Labute approximate surface area is 197 Å². The minimum atomic E-state index is -3.66. The molecule has 1 N–H and O–H groups in total. The molecule has 0 saturated carbocycles. The van der Waals surface area contributed by atoms with Gasteiger partial charge in [-0.15, -0.1) is 10.2 Å². The Balaban J connectivity index is 1.37. The van der Waals surface area contributed by atoms with Crippen LogP contribution in [0, 0.1) is 0 Å². The average molecular weight is 487 g/mol. The number of aromatic nitrogens is 2. The van der Waals surface area contributed by atoms with Crippen molar-refractivity contribution in [1.82, 2.24) is 15.1 Å². The SMILES string of the molecule is CC1CCCC(C)N1C(=O)CSc1nnc(-c2ccc(NS(=O)(=O)c3ccccc3)cc2)o1. The highest BCUT2D eigenvalue weighted by Crippen LogP contribution is 2.27. The number of nitrogens with one attached hydrogen (secondary N) is 1. The van der Waals surface area contributed by atoms with Crippen molar-refractivity contribution in [2.75, 3.05) is 10.5 Å². The van der Waals surface area contributed by atoms with E-state index in [2.05, 4.69) is 28.8 Å². The molecule has 1 amide bonds. The van der Waals surface area contributed by atoms with Crippen molar-refractivity contribution in [3.05, 3.63) is 54.6 Å². The van der Waals surface area contributed by atoms with E-state index in [1.165, 1.54) is 23.9 Å². The molecule has 2 atom stereocenters. The van der Waals surface area contributed by atoms with E-state index in [9.17, 15) is 13.2 Å². The lowest BCUT2D eigenvalue weighted by molar-refractivity contribution is -0.134. The number of likely N-dealkylation sites (tertiary alicyclic amines) is 1. The number of thioether (sulfide) groups is 1. The van der Waals surface area contributed by atoms with Crippen LogP contribution < -0.4 is 4.72 Å². The van der Waals surface area contributed by atoms with Crippen LogP contribution in [0.4, 0.5) is 5.69 Å². The number of nitrogens with zero attached hydrogens (tertiary/aromatic N) is 3. The van der Waals surface area contributed by atoms with Gasteiger partial charge in [-0.25, -0.2) is 8.42 Å². The highest BCUT2D eigenvalue weighted by Gasteiger charge is 2.29. The molecule has 10 heteroatoms. The van der Waals surface area contributed by atoms with Gasteiger partial charge in [0, 0.05) is 23.3 Å². The summed E-state index contributed by atoms with van der Waals surface area (Å²) in [5.41, 5.74) is 1.08. The normalized spacial score (nSPS) is 18.8. The summed E-state index contributed by atoms with van der Waals surface area (Å²) < 4.78 is 33.2. The molecule has 1 aliphatic rings. The molecular formula is C23H26N4O4S2. The number of carbonyl (C=O) groups is 1. The molecule has 0 aliphatic carbocycles. The first-order chi connectivity index (χ1) is 15.8. The van der Waals surface area contributed by atoms with Crippen molar-refractivity contribution < 1.29 is 17.6 Å². The molecule has 0 spiro atoms. The molecule has 0 radical (unpaired) electrons. The van der Waals surface area contributed by atoms with Gasteiger partial charge in [-0.3, -0.25) is 9.52 Å². The van der Waals surface area contributed by atoms with Gasteiger partial charge in [0.25, 0.3) is 15.2 Å². The van der Waals surface area contributed by atoms with E-state index in [0.29, 0.717) is 22.4 Å². The van der Waals surface area contributed by atoms with E-state index >= 15 is 0 Å². The predicted molar refractivity (Wildman–Crippen MR) is 127 cm³/mol. The lowest BCUT2D eigenvalue weighted by Crippen LogP contribution is -2.48. The fourth-order valence-corrected chi connectivity index (χ4v) is 5.70. The maximum Gasteiger partial charge on any atom is 0.277 e. The van der Waals surface area contributed by atoms with Crippen molar-refractivity contribution in [2.45, 2.75) is 55.3 Å². The zero-order chi connectivity index (χ0) is 23.4. The molecule has 1 aliphatic heterocycles. The van der Waals surface area contributed by atoms with E-state index < -0.39 is 10.0 Å². The number of hydrogen-bond donors (Lipinski definition) is 1. The molecule has 0 bridgehead atoms. The Morgan fingerprint density at radius 3 is 2.39 bits per heavy atom. The third kappa shape index (κ3) is 5.56. The van der Waals surface area contributed by atoms with Crippen LogP contribution in [0.15, 0.2) is 69.1 Å². The van der Waals surface area contributed by atoms with Gasteiger partial charge in [0.1, 0.15) is 0 Å². The fraction of sp³-hybridized carbons (Fsp3) is 0.348. The highest BCUT2D eigenvalue weighted by atomic mass is 32.2. The molecule has 1 aromatic heterocycles. The molecule has 4 rings (SSSR count). The monoisotopic (exact) mass is 486 g/mol. The van der Waals surface area contributed by atoms with Gasteiger partial charge < -0.3 is 9.32 Å². The molecule has 8 nitrogen and oxygen atoms in total. The van der Waals surface area contributed by atoms with Crippen LogP contribution in [0.1, 0.15) is 33.1 Å². The van der Waals surface area contributed by atoms with Crippen molar-refractivity contribution in [1.29, 1.82) is 0 Å². The standard InChI is InChI=1S/C23H26N4O4S2/c1-16-7-6-8-17(2)27(16)21(28)15-32-23-25-24-22(31-23)18-11-13-19(14-12-18)26-33(29,30)20-9-4-3-5-10-20/h3-5,9-14,16-17,26H,6-8,15H2,1-2H3. The fourth-order valence-electron chi connectivity index (χ4n) is 3.99. The van der Waals surface area contributed by atoms with Crippen molar-refractivity contribution >= 4 is 33.4 Å². The second kappa shape index (κ2) is 9.96. The summed E-state index contributed by atoms with van der Waals surface area (Å²) in [6.07, 6.45) is 3.21. The molecule has 2 heterocycles. The zero-order valence-corrected chi connectivity index (χ0v) is 20.1. The molecule has 33 heavy (non-hydrogen) atoms. The molecular weight excluding hydrogens is 460 g/mol. The van der Waals surface area contributed by atoms with Crippen LogP contribution in [0.2, 0.25) is 0 Å². The average Bonchev–Trinajstić information content (AvgIpc) is 3.27. The predicted octanol–water partition coefficient (Wildman–Crippen LogP) is 4.42. The summed E-state index contributed by atoms with van der Waals surface area (Å²) in [5.74, 6) is 0.632. The third-order valence-electron chi connectivity index (χ3n) is 5.64. The minimum Gasteiger partial charge on any atom is -0.411 e. The summed E-state index contributed by atoms with van der Waals surface area (Å²) in [4.78, 5) is 14.8. The van der Waals surface area contributed by atoms with Gasteiger partial charge in [0.15, 0.2) is 0 Å². The summed E-state index contributed by atoms with van der Waals surface area (Å²) in [6, 6.07) is 15.3. The molecule has 3 aromatic rings. The smallest absolute Gasteiger partial charge is 0.277 e. The Morgan fingerprint density at radius 1 is 1.06 bits per heavy atom. The van der Waals surface area contributed by atoms with Crippen LogP contribution in [0.25, 0.3) is 11.5 Å². The van der Waals surface area contributed by atoms with Crippen LogP contribution in [0.5, 0.6) is 0 Å². The summed E-state index contributed by atoms with van der Waals surface area (Å²) >= 11 is 1.23. The van der Waals surface area contributed by atoms with Crippen LogP contribution in [-0.4, -0.2) is 47.3 Å². The summed E-state index contributed by atoms with van der Waals surface area (Å²) in [5, 5.41) is 8.41. The number of piperidine rings is 1. The van der Waals surface area contributed by atoms with Crippen LogP contribution in [-0.2, 0) is 14.8 Å². The zero-order valence-electron chi connectivity index (χ0n) is 18.5. The van der Waals surface area contributed by atoms with Gasteiger partial charge in [-0.2, -0.15) is 0 Å². The largest absolute Gasteiger partial charge is 0.411 e. The summed E-state index contributed by atoms with van der Waals surface area (Å²) in [6.45, 7) is 4.18. The van der Waals surface area contributed by atoms with Crippen molar-refractivity contribution in [2.24, 2.45) is 0 Å². The second-order valence-electron chi connectivity index (χ2n) is 8.09. The number of amides is 1. The quantitative estimate of drug-likeness (QED) is 0.493. The summed E-state index contributed by atoms with van der Waals surface area (Å²) in [7, 11) is -3.66. The van der Waals surface area contributed by atoms with Gasteiger partial charge in [0.2, 0.25) is 11.8 Å². The van der Waals surface area contributed by atoms with E-state index in [-0.39, 0.29) is 28.6 Å². The van der Waals surface area contributed by atoms with Crippen LogP contribution in [0.3, 0.4) is 0 Å². The lowest BCUT2D eigenvalue weighted by Gasteiger charge is -2.39. The number of benzene rings is 2. The highest BCUT2D eigenvalue weighted by molar-refractivity contribution is 7.99. The first-order valence-corrected chi connectivity index (χ1v) is 13.3. The molecule has 2 unspecified atom stereocenters. The van der Waals surface area contributed by atoms with Gasteiger partial charge in [-0.05, 0) is 69.5 Å². The Morgan fingerprint density at radius 2 is 1.73 bits per heavy atom. The van der Waals surface area contributed by atoms with E-state index in [4.69, 9.17) is 4.42 Å². The number of sulfonamides is 1. The first-order valence-electron chi connectivity index (χ1n) is 10.8. The van der Waals surface area contributed by atoms with Gasteiger partial charge in [-0.1, -0.05) is 30.0 Å². The third-order valence-corrected chi connectivity index (χ3v) is 7.85. The van der Waals surface area contributed by atoms with E-state index in [1.807, 2.05) is 4.90 Å².